The summed E-state index contributed by atoms with van der Waals surface area (Å²) >= 11 is 0. The number of nitrogens with zero attached hydrogens (tertiary/aromatic N) is 4. The molecule has 1 saturated heterocycles. The Bertz CT molecular complexity index is 849. The number of hydrogen-bond donors (Lipinski definition) is 0. The van der Waals surface area contributed by atoms with Gasteiger partial charge in [0.1, 0.15) is 11.8 Å². The van der Waals surface area contributed by atoms with Gasteiger partial charge in [0.05, 0.1) is 19.3 Å². The molecule has 0 amide bonds. The van der Waals surface area contributed by atoms with Gasteiger partial charge in [0, 0.05) is 24.6 Å². The van der Waals surface area contributed by atoms with Gasteiger partial charge in [0.2, 0.25) is 0 Å². The summed E-state index contributed by atoms with van der Waals surface area (Å²) in [6, 6.07) is 10.5. The topological polar surface area (TPSA) is 82.7 Å². The molecule has 2 aliphatic rings. The van der Waals surface area contributed by atoms with Crippen molar-refractivity contribution in [3.05, 3.63) is 58.3 Å². The first-order valence-electron chi connectivity index (χ1n) is 9.97. The number of likely N-dealkylation sites (tertiary alicyclic amines) is 1. The summed E-state index contributed by atoms with van der Waals surface area (Å²) in [6.07, 6.45) is 7.86. The predicted octanol–water partition coefficient (Wildman–Crippen LogP) is 3.14. The highest BCUT2D eigenvalue weighted by molar-refractivity contribution is 5.48. The van der Waals surface area contributed by atoms with Crippen LogP contribution in [-0.4, -0.2) is 57.3 Å². The summed E-state index contributed by atoms with van der Waals surface area (Å²) in [5.74, 6) is -0.165. The Balaban J connectivity index is 1.19. The second-order valence-corrected chi connectivity index (χ2v) is 7.94. The maximum absolute atomic E-state index is 10.8. The molecule has 0 saturated carbocycles. The lowest BCUT2D eigenvalue weighted by Gasteiger charge is -2.36. The normalized spacial score (nSPS) is 22.7. The lowest BCUT2D eigenvalue weighted by Crippen LogP contribution is -2.48. The van der Waals surface area contributed by atoms with Crippen molar-refractivity contribution >= 4 is 11.9 Å². The van der Waals surface area contributed by atoms with E-state index in [0.717, 1.165) is 32.5 Å². The smallest absolute Gasteiger partial charge is 0.415 e. The number of piperidine rings is 1. The van der Waals surface area contributed by atoms with Crippen LogP contribution in [0.5, 0.6) is 6.01 Å². The van der Waals surface area contributed by atoms with Gasteiger partial charge in [-0.1, -0.05) is 42.5 Å². The third-order valence-corrected chi connectivity index (χ3v) is 5.39. The van der Waals surface area contributed by atoms with Crippen LogP contribution in [0.25, 0.3) is 6.08 Å². The number of aromatic nitrogens is 2. The van der Waals surface area contributed by atoms with Crippen molar-refractivity contribution in [1.29, 1.82) is 0 Å². The van der Waals surface area contributed by atoms with Gasteiger partial charge in [0.25, 0.3) is 0 Å². The van der Waals surface area contributed by atoms with Crippen molar-refractivity contribution in [1.82, 2.24) is 14.5 Å². The Morgan fingerprint density at radius 1 is 1.34 bits per heavy atom. The van der Waals surface area contributed by atoms with Crippen molar-refractivity contribution < 1.29 is 14.4 Å². The summed E-state index contributed by atoms with van der Waals surface area (Å²) in [5, 5.41) is 10.8. The number of nitro groups is 1. The van der Waals surface area contributed by atoms with Crippen molar-refractivity contribution in [2.45, 2.75) is 38.0 Å². The molecule has 1 fully saturated rings. The Kier molecular flexibility index (Phi) is 5.64. The summed E-state index contributed by atoms with van der Waals surface area (Å²) in [7, 11) is 0. The first-order valence-corrected chi connectivity index (χ1v) is 9.97. The predicted molar refractivity (Wildman–Crippen MR) is 109 cm³/mol. The zero-order chi connectivity index (χ0) is 20.3. The van der Waals surface area contributed by atoms with Crippen molar-refractivity contribution in [2.24, 2.45) is 0 Å². The number of fused-ring (bicyclic) bond motifs is 1. The van der Waals surface area contributed by atoms with Crippen LogP contribution in [-0.2, 0) is 11.3 Å². The molecular formula is C21H26N4O4. The zero-order valence-electron chi connectivity index (χ0n) is 16.6. The standard InChI is InChI=1S/C21H26N4O4/c1-21(16-24-14-19(25(26)27)22-20(24)29-21)15-23-11-9-18(10-12-23)28-13-5-8-17-6-3-2-4-7-17/h2-8,14,18H,9-13,15-16H2,1H3/t21-/m0/s1. The van der Waals surface area contributed by atoms with Gasteiger partial charge in [-0.15, -0.1) is 0 Å². The van der Waals surface area contributed by atoms with E-state index in [9.17, 15) is 10.1 Å². The average molecular weight is 398 g/mol. The van der Waals surface area contributed by atoms with E-state index in [1.807, 2.05) is 25.1 Å². The molecule has 0 bridgehead atoms. The van der Waals surface area contributed by atoms with Crippen LogP contribution in [0, 0.1) is 10.1 Å². The molecule has 3 heterocycles. The fourth-order valence-corrected chi connectivity index (χ4v) is 4.01. The third kappa shape index (κ3) is 4.83. The van der Waals surface area contributed by atoms with E-state index < -0.39 is 10.5 Å². The Morgan fingerprint density at radius 3 is 2.79 bits per heavy atom. The fraction of sp³-hybridized carbons (Fsp3) is 0.476. The summed E-state index contributed by atoms with van der Waals surface area (Å²) in [5.41, 5.74) is 0.768. The Morgan fingerprint density at radius 2 is 2.10 bits per heavy atom. The van der Waals surface area contributed by atoms with E-state index in [2.05, 4.69) is 34.2 Å². The van der Waals surface area contributed by atoms with Gasteiger partial charge in [-0.05, 0) is 30.3 Å². The highest BCUT2D eigenvalue weighted by atomic mass is 16.6. The highest BCUT2D eigenvalue weighted by Crippen LogP contribution is 2.32. The zero-order valence-corrected chi connectivity index (χ0v) is 16.6. The van der Waals surface area contributed by atoms with E-state index >= 15 is 0 Å². The fourth-order valence-electron chi connectivity index (χ4n) is 4.01. The maximum atomic E-state index is 10.8. The molecule has 1 aromatic heterocycles. The lowest BCUT2D eigenvalue weighted by molar-refractivity contribution is -0.389. The van der Waals surface area contributed by atoms with Gasteiger partial charge in [-0.25, -0.2) is 0 Å². The van der Waals surface area contributed by atoms with E-state index in [0.29, 0.717) is 19.2 Å². The second kappa shape index (κ2) is 8.34. The summed E-state index contributed by atoms with van der Waals surface area (Å²) in [4.78, 5) is 16.7. The van der Waals surface area contributed by atoms with Crippen LogP contribution >= 0.6 is 0 Å². The van der Waals surface area contributed by atoms with E-state index in [1.54, 1.807) is 4.57 Å². The highest BCUT2D eigenvalue weighted by Gasteiger charge is 2.41. The molecular weight excluding hydrogens is 372 g/mol. The minimum absolute atomic E-state index is 0.165. The molecule has 29 heavy (non-hydrogen) atoms. The molecule has 0 unspecified atom stereocenters. The van der Waals surface area contributed by atoms with Gasteiger partial charge >= 0.3 is 11.8 Å². The van der Waals surface area contributed by atoms with Crippen molar-refractivity contribution in [3.8, 4) is 6.01 Å². The summed E-state index contributed by atoms with van der Waals surface area (Å²) in [6.45, 7) is 5.91. The lowest BCUT2D eigenvalue weighted by atomic mass is 10.0. The minimum atomic E-state index is -0.494. The van der Waals surface area contributed by atoms with Crippen LogP contribution < -0.4 is 4.74 Å². The Labute approximate surface area is 169 Å². The summed E-state index contributed by atoms with van der Waals surface area (Å²) < 4.78 is 13.7. The maximum Gasteiger partial charge on any atom is 0.415 e. The molecule has 1 aromatic carbocycles. The minimum Gasteiger partial charge on any atom is -0.436 e. The first kappa shape index (κ1) is 19.6. The van der Waals surface area contributed by atoms with Crippen LogP contribution in [0.3, 0.4) is 0 Å². The van der Waals surface area contributed by atoms with E-state index in [-0.39, 0.29) is 11.9 Å². The molecule has 8 nitrogen and oxygen atoms in total. The van der Waals surface area contributed by atoms with E-state index in [4.69, 9.17) is 9.47 Å². The van der Waals surface area contributed by atoms with Crippen LogP contribution in [0.15, 0.2) is 42.6 Å². The molecule has 4 rings (SSSR count). The third-order valence-electron chi connectivity index (χ3n) is 5.39. The van der Waals surface area contributed by atoms with Crippen LogP contribution in [0.2, 0.25) is 0 Å². The molecule has 0 radical (unpaired) electrons. The molecule has 2 aliphatic heterocycles. The van der Waals surface area contributed by atoms with Crippen molar-refractivity contribution in [3.63, 3.8) is 0 Å². The van der Waals surface area contributed by atoms with Crippen LogP contribution in [0.1, 0.15) is 25.3 Å². The molecule has 0 N–H and O–H groups in total. The van der Waals surface area contributed by atoms with Gasteiger partial charge in [-0.2, -0.15) is 0 Å². The number of hydrogen-bond acceptors (Lipinski definition) is 6. The number of benzene rings is 1. The molecule has 154 valence electrons. The van der Waals surface area contributed by atoms with Gasteiger partial charge in [-0.3, -0.25) is 9.47 Å². The van der Waals surface area contributed by atoms with Crippen LogP contribution in [0.4, 0.5) is 5.82 Å². The molecule has 8 heteroatoms. The number of ether oxygens (including phenoxy) is 2. The SMILES string of the molecule is C[C@]1(CN2CCC(OCC=Cc3ccccc3)CC2)Cn2cc([N+](=O)[O-])nc2O1. The number of rotatable bonds is 7. The van der Waals surface area contributed by atoms with E-state index in [1.165, 1.54) is 11.8 Å². The van der Waals surface area contributed by atoms with Gasteiger partial charge in [0.15, 0.2) is 0 Å². The molecule has 1 atom stereocenters. The monoisotopic (exact) mass is 398 g/mol. The molecule has 2 aromatic rings. The largest absolute Gasteiger partial charge is 0.436 e. The average Bonchev–Trinajstić information content (AvgIpc) is 3.22. The van der Waals surface area contributed by atoms with Crippen molar-refractivity contribution in [2.75, 3.05) is 26.2 Å². The van der Waals surface area contributed by atoms with Gasteiger partial charge < -0.3 is 19.6 Å². The second-order valence-electron chi connectivity index (χ2n) is 7.94. The first-order chi connectivity index (χ1) is 14.0. The molecule has 0 spiro atoms. The quantitative estimate of drug-likeness (QED) is 0.526. The Hall–Kier alpha value is -2.71. The molecule has 0 aliphatic carbocycles. The number of imidazole rings is 1.